The second-order valence-electron chi connectivity index (χ2n) is 5.04. The number of nitrogens with zero attached hydrogens (tertiary/aromatic N) is 2. The van der Waals surface area contributed by atoms with Gasteiger partial charge in [-0.3, -0.25) is 4.79 Å². The zero-order valence-electron chi connectivity index (χ0n) is 12.4. The normalized spacial score (nSPS) is 14.2. The summed E-state index contributed by atoms with van der Waals surface area (Å²) in [6, 6.07) is 0. The van der Waals surface area contributed by atoms with Gasteiger partial charge in [-0.25, -0.2) is 4.98 Å². The summed E-state index contributed by atoms with van der Waals surface area (Å²) in [7, 11) is 0. The minimum Gasteiger partial charge on any atom is -0.368 e. The third-order valence-electron chi connectivity index (χ3n) is 3.11. The van der Waals surface area contributed by atoms with E-state index < -0.39 is 5.54 Å². The average Bonchev–Trinajstić information content (AvgIpc) is 2.81. The van der Waals surface area contributed by atoms with Crippen LogP contribution in [0.5, 0.6) is 0 Å². The van der Waals surface area contributed by atoms with Crippen molar-refractivity contribution in [1.82, 2.24) is 14.7 Å². The molecular formula is C13H24N4OS2. The van der Waals surface area contributed by atoms with E-state index in [2.05, 4.69) is 21.6 Å². The Kier molecular flexibility index (Phi) is 7.47. The van der Waals surface area contributed by atoms with Crippen LogP contribution in [0.4, 0.5) is 0 Å². The Morgan fingerprint density at radius 2 is 2.25 bits per heavy atom. The maximum Gasteiger partial charge on any atom is 0.237 e. The van der Waals surface area contributed by atoms with Gasteiger partial charge >= 0.3 is 0 Å². The zero-order chi connectivity index (χ0) is 15.0. The molecule has 1 heterocycles. The molecule has 0 aliphatic carbocycles. The highest BCUT2D eigenvalue weighted by molar-refractivity contribution is 8.00. The molecule has 114 valence electrons. The number of nitrogens with two attached hydrogens (primary N) is 1. The number of thioether (sulfide) groups is 1. The summed E-state index contributed by atoms with van der Waals surface area (Å²) in [6.07, 6.45) is 3.79. The molecule has 0 fully saturated rings. The first-order valence-electron chi connectivity index (χ1n) is 6.96. The van der Waals surface area contributed by atoms with E-state index >= 15 is 0 Å². The molecule has 20 heavy (non-hydrogen) atoms. The van der Waals surface area contributed by atoms with E-state index in [-0.39, 0.29) is 5.91 Å². The molecule has 0 saturated heterocycles. The third-order valence-corrected chi connectivity index (χ3v) is 5.13. The maximum atomic E-state index is 11.6. The number of amides is 1. The summed E-state index contributed by atoms with van der Waals surface area (Å²) in [5.74, 6) is 1.57. The first-order chi connectivity index (χ1) is 9.48. The molecule has 1 atom stereocenters. The first kappa shape index (κ1) is 17.4. The quantitative estimate of drug-likeness (QED) is 0.511. The van der Waals surface area contributed by atoms with E-state index in [0.717, 1.165) is 48.1 Å². The topological polar surface area (TPSA) is 80.9 Å². The lowest BCUT2D eigenvalue weighted by molar-refractivity contribution is -0.124. The summed E-state index contributed by atoms with van der Waals surface area (Å²) in [6.45, 7) is 6.69. The largest absolute Gasteiger partial charge is 0.368 e. The van der Waals surface area contributed by atoms with E-state index in [1.54, 1.807) is 11.8 Å². The molecule has 0 bridgehead atoms. The van der Waals surface area contributed by atoms with Crippen LogP contribution in [0.2, 0.25) is 0 Å². The highest BCUT2D eigenvalue weighted by Gasteiger charge is 2.29. The number of aryl methyl sites for hydroxylation is 1. The summed E-state index contributed by atoms with van der Waals surface area (Å²) in [5, 5.41) is 3.26. The second kappa shape index (κ2) is 8.59. The van der Waals surface area contributed by atoms with Crippen LogP contribution >= 0.6 is 23.3 Å². The molecule has 0 aliphatic heterocycles. The van der Waals surface area contributed by atoms with Gasteiger partial charge in [-0.2, -0.15) is 4.37 Å². The molecule has 0 saturated carbocycles. The lowest BCUT2D eigenvalue weighted by Gasteiger charge is -2.27. The highest BCUT2D eigenvalue weighted by atomic mass is 32.2. The maximum absolute atomic E-state index is 11.6. The molecule has 1 aromatic rings. The van der Waals surface area contributed by atoms with Crippen LogP contribution < -0.4 is 11.1 Å². The third kappa shape index (κ3) is 5.76. The molecule has 1 unspecified atom stereocenters. The van der Waals surface area contributed by atoms with Gasteiger partial charge in [0.15, 0.2) is 4.34 Å². The van der Waals surface area contributed by atoms with E-state index in [0.29, 0.717) is 0 Å². The second-order valence-corrected chi connectivity index (χ2v) is 7.13. The van der Waals surface area contributed by atoms with Gasteiger partial charge in [0.2, 0.25) is 5.91 Å². The molecule has 3 N–H and O–H groups in total. The summed E-state index contributed by atoms with van der Waals surface area (Å²) in [4.78, 5) is 15.9. The van der Waals surface area contributed by atoms with Gasteiger partial charge in [-0.15, -0.1) is 0 Å². The Morgan fingerprint density at radius 1 is 1.50 bits per heavy atom. The Labute approximate surface area is 129 Å². The van der Waals surface area contributed by atoms with E-state index in [1.807, 2.05) is 13.8 Å². The van der Waals surface area contributed by atoms with Crippen LogP contribution in [0, 0.1) is 6.92 Å². The smallest absolute Gasteiger partial charge is 0.237 e. The standard InChI is InChI=1S/C13H24N4OS2/c1-4-8-15-13(3,11(14)18)7-5-6-9-19-12-16-10(2)17-20-12/h15H,4-9H2,1-3H3,(H2,14,18). The van der Waals surface area contributed by atoms with Gasteiger partial charge in [-0.1, -0.05) is 25.1 Å². The van der Waals surface area contributed by atoms with E-state index in [1.165, 1.54) is 11.5 Å². The van der Waals surface area contributed by atoms with Crippen molar-refractivity contribution in [3.63, 3.8) is 0 Å². The highest BCUT2D eigenvalue weighted by Crippen LogP contribution is 2.22. The number of carbonyl (C=O) groups excluding carboxylic acids is 1. The van der Waals surface area contributed by atoms with Crippen LogP contribution in [0.3, 0.4) is 0 Å². The van der Waals surface area contributed by atoms with Crippen LogP contribution in [0.1, 0.15) is 45.4 Å². The Hall–Kier alpha value is -0.660. The van der Waals surface area contributed by atoms with Crippen molar-refractivity contribution in [1.29, 1.82) is 0 Å². The van der Waals surface area contributed by atoms with Gasteiger partial charge in [0, 0.05) is 5.75 Å². The molecule has 0 aliphatic rings. The minimum atomic E-state index is -0.583. The fourth-order valence-corrected chi connectivity index (χ4v) is 3.49. The van der Waals surface area contributed by atoms with Gasteiger partial charge in [0.05, 0.1) is 5.54 Å². The fraction of sp³-hybridized carbons (Fsp3) is 0.769. The van der Waals surface area contributed by atoms with Crippen LogP contribution in [-0.4, -0.2) is 33.1 Å². The number of hydrogen-bond acceptors (Lipinski definition) is 6. The molecule has 1 aromatic heterocycles. The van der Waals surface area contributed by atoms with Crippen molar-refractivity contribution in [3.8, 4) is 0 Å². The van der Waals surface area contributed by atoms with Crippen LogP contribution in [0.25, 0.3) is 0 Å². The van der Waals surface area contributed by atoms with Gasteiger partial charge < -0.3 is 11.1 Å². The van der Waals surface area contributed by atoms with Crippen molar-refractivity contribution < 1.29 is 4.79 Å². The number of primary amides is 1. The molecule has 0 spiro atoms. The van der Waals surface area contributed by atoms with Crippen molar-refractivity contribution in [2.45, 2.75) is 56.3 Å². The lowest BCUT2D eigenvalue weighted by atomic mass is 9.94. The molecule has 0 aromatic carbocycles. The predicted octanol–water partition coefficient (Wildman–Crippen LogP) is 2.35. The van der Waals surface area contributed by atoms with Gasteiger partial charge in [0.1, 0.15) is 5.82 Å². The van der Waals surface area contributed by atoms with Crippen LogP contribution in [-0.2, 0) is 4.79 Å². The number of hydrogen-bond donors (Lipinski definition) is 2. The first-order valence-corrected chi connectivity index (χ1v) is 8.72. The Balaban J connectivity index is 2.25. The molecule has 7 heteroatoms. The fourth-order valence-electron chi connectivity index (χ4n) is 1.78. The molecule has 0 radical (unpaired) electrons. The summed E-state index contributed by atoms with van der Waals surface area (Å²) < 4.78 is 5.17. The molecule has 1 rings (SSSR count). The number of aromatic nitrogens is 2. The Morgan fingerprint density at radius 3 is 2.80 bits per heavy atom. The summed E-state index contributed by atoms with van der Waals surface area (Å²) >= 11 is 3.17. The molecule has 1 amide bonds. The van der Waals surface area contributed by atoms with E-state index in [4.69, 9.17) is 5.73 Å². The van der Waals surface area contributed by atoms with Crippen molar-refractivity contribution in [2.24, 2.45) is 5.73 Å². The SMILES string of the molecule is CCCNC(C)(CCCCSc1nc(C)ns1)C(N)=O. The Bertz CT molecular complexity index is 424. The number of rotatable bonds is 10. The minimum absolute atomic E-state index is 0.265. The number of nitrogens with one attached hydrogen (secondary N) is 1. The number of carbonyl (C=O) groups is 1. The van der Waals surface area contributed by atoms with Crippen LogP contribution in [0.15, 0.2) is 4.34 Å². The van der Waals surface area contributed by atoms with E-state index in [9.17, 15) is 4.79 Å². The van der Waals surface area contributed by atoms with Gasteiger partial charge in [0.25, 0.3) is 0 Å². The summed E-state index contributed by atoms with van der Waals surface area (Å²) in [5.41, 5.74) is 4.91. The molecular weight excluding hydrogens is 292 g/mol. The zero-order valence-corrected chi connectivity index (χ0v) is 14.1. The average molecular weight is 316 g/mol. The van der Waals surface area contributed by atoms with Gasteiger partial charge in [-0.05, 0) is 51.2 Å². The molecule has 5 nitrogen and oxygen atoms in total. The van der Waals surface area contributed by atoms with Crippen molar-refractivity contribution in [2.75, 3.05) is 12.3 Å². The number of unbranched alkanes of at least 4 members (excludes halogenated alkanes) is 1. The monoisotopic (exact) mass is 316 g/mol. The van der Waals surface area contributed by atoms with Crippen molar-refractivity contribution >= 4 is 29.2 Å². The lowest BCUT2D eigenvalue weighted by Crippen LogP contribution is -2.53. The van der Waals surface area contributed by atoms with Crippen molar-refractivity contribution in [3.05, 3.63) is 5.82 Å². The predicted molar refractivity (Wildman–Crippen MR) is 85.1 cm³/mol.